The van der Waals surface area contributed by atoms with Gasteiger partial charge in [-0.2, -0.15) is 0 Å². The number of hydrogen-bond donors (Lipinski definition) is 1. The smallest absolute Gasteiger partial charge is 0.174 e. The third kappa shape index (κ3) is 3.95. The molecule has 33 heavy (non-hydrogen) atoms. The SMILES string of the molecule is Cc1nc2cc(Cl)ccc2c(Nc2ccccc2)c1P(=O)(c1ccccc1)c1ccccc1. The van der Waals surface area contributed by atoms with Crippen molar-refractivity contribution in [3.05, 3.63) is 120 Å². The second-order valence-electron chi connectivity index (χ2n) is 7.85. The number of halogens is 1. The minimum atomic E-state index is -3.26. The Morgan fingerprint density at radius 3 is 1.88 bits per heavy atom. The molecule has 0 atom stereocenters. The van der Waals surface area contributed by atoms with Gasteiger partial charge in [0.15, 0.2) is 7.14 Å². The van der Waals surface area contributed by atoms with E-state index in [1.165, 1.54) is 0 Å². The Morgan fingerprint density at radius 1 is 0.758 bits per heavy atom. The molecule has 1 heterocycles. The molecule has 162 valence electrons. The summed E-state index contributed by atoms with van der Waals surface area (Å²) in [4.78, 5) is 4.86. The maximum atomic E-state index is 15.3. The Bertz CT molecular complexity index is 1430. The summed E-state index contributed by atoms with van der Waals surface area (Å²) in [6, 6.07) is 34.9. The minimum absolute atomic E-state index is 0.613. The summed E-state index contributed by atoms with van der Waals surface area (Å²) in [5, 5.41) is 7.30. The molecule has 5 heteroatoms. The summed E-state index contributed by atoms with van der Waals surface area (Å²) in [6.45, 7) is 1.92. The number of pyridine rings is 1. The van der Waals surface area contributed by atoms with E-state index < -0.39 is 7.14 Å². The van der Waals surface area contributed by atoms with Crippen molar-refractivity contribution in [1.29, 1.82) is 0 Å². The molecule has 0 aliphatic carbocycles. The summed E-state index contributed by atoms with van der Waals surface area (Å²) >= 11 is 6.29. The number of para-hydroxylation sites is 1. The van der Waals surface area contributed by atoms with E-state index in [1.807, 2.05) is 116 Å². The predicted octanol–water partition coefficient (Wildman–Crippen LogP) is 6.58. The zero-order valence-corrected chi connectivity index (χ0v) is 19.7. The summed E-state index contributed by atoms with van der Waals surface area (Å²) in [6.07, 6.45) is 0. The van der Waals surface area contributed by atoms with Gasteiger partial charge in [-0.1, -0.05) is 90.5 Å². The zero-order chi connectivity index (χ0) is 22.8. The van der Waals surface area contributed by atoms with Crippen LogP contribution in [0.5, 0.6) is 0 Å². The van der Waals surface area contributed by atoms with Crippen LogP contribution in [-0.4, -0.2) is 4.98 Å². The van der Waals surface area contributed by atoms with Crippen molar-refractivity contribution in [2.45, 2.75) is 6.92 Å². The highest BCUT2D eigenvalue weighted by molar-refractivity contribution is 7.85. The first-order valence-corrected chi connectivity index (χ1v) is 12.8. The van der Waals surface area contributed by atoms with E-state index in [9.17, 15) is 0 Å². The number of benzene rings is 4. The molecule has 1 N–H and O–H groups in total. The molecule has 0 unspecified atom stereocenters. The van der Waals surface area contributed by atoms with Gasteiger partial charge >= 0.3 is 0 Å². The number of nitrogens with zero attached hydrogens (tertiary/aromatic N) is 1. The topological polar surface area (TPSA) is 42.0 Å². The fraction of sp³-hybridized carbons (Fsp3) is 0.0357. The first-order chi connectivity index (χ1) is 16.1. The van der Waals surface area contributed by atoms with Gasteiger partial charge in [-0.25, -0.2) is 0 Å². The van der Waals surface area contributed by atoms with Gasteiger partial charge in [0.1, 0.15) is 0 Å². The maximum Gasteiger partial charge on any atom is 0.174 e. The van der Waals surface area contributed by atoms with Crippen molar-refractivity contribution in [2.24, 2.45) is 0 Å². The van der Waals surface area contributed by atoms with Gasteiger partial charge in [-0.15, -0.1) is 0 Å². The average molecular weight is 469 g/mol. The van der Waals surface area contributed by atoms with Crippen molar-refractivity contribution in [3.63, 3.8) is 0 Å². The molecule has 0 aliphatic heterocycles. The number of aryl methyl sites for hydroxylation is 1. The largest absolute Gasteiger partial charge is 0.354 e. The minimum Gasteiger partial charge on any atom is -0.354 e. The van der Waals surface area contributed by atoms with Crippen LogP contribution in [0, 0.1) is 6.92 Å². The standard InChI is InChI=1S/C28H22ClN2OP/c1-20-28(33(32,23-13-7-3-8-14-23)24-15-9-4-10-16-24)27(31-22-11-5-2-6-12-22)25-18-17-21(29)19-26(25)30-20/h2-19H,1H3,(H,30,31). The first-order valence-electron chi connectivity index (χ1n) is 10.7. The van der Waals surface area contributed by atoms with Gasteiger partial charge in [0.05, 0.1) is 22.2 Å². The lowest BCUT2D eigenvalue weighted by Gasteiger charge is -2.26. The predicted molar refractivity (Wildman–Crippen MR) is 141 cm³/mol. The fourth-order valence-corrected chi connectivity index (χ4v) is 7.37. The van der Waals surface area contributed by atoms with E-state index in [1.54, 1.807) is 0 Å². The molecule has 0 fully saturated rings. The van der Waals surface area contributed by atoms with Crippen LogP contribution < -0.4 is 21.2 Å². The number of aromatic nitrogens is 1. The van der Waals surface area contributed by atoms with E-state index in [0.717, 1.165) is 32.9 Å². The number of rotatable bonds is 5. The molecule has 0 aliphatic rings. The van der Waals surface area contributed by atoms with Gasteiger partial charge in [0.25, 0.3) is 0 Å². The second kappa shape index (κ2) is 8.86. The quantitative estimate of drug-likeness (QED) is 0.296. The third-order valence-electron chi connectivity index (χ3n) is 5.69. The molecule has 0 bridgehead atoms. The number of fused-ring (bicyclic) bond motifs is 1. The normalized spacial score (nSPS) is 11.5. The van der Waals surface area contributed by atoms with E-state index >= 15 is 4.57 Å². The van der Waals surface area contributed by atoms with E-state index in [0.29, 0.717) is 16.0 Å². The zero-order valence-electron chi connectivity index (χ0n) is 18.1. The molecular weight excluding hydrogens is 447 g/mol. The van der Waals surface area contributed by atoms with Crippen LogP contribution in [0.1, 0.15) is 5.69 Å². The molecule has 0 saturated carbocycles. The molecule has 5 aromatic rings. The second-order valence-corrected chi connectivity index (χ2v) is 11.0. The number of anilines is 2. The Labute approximate surface area is 198 Å². The highest BCUT2D eigenvalue weighted by Crippen LogP contribution is 2.47. The third-order valence-corrected chi connectivity index (χ3v) is 9.16. The maximum absolute atomic E-state index is 15.3. The van der Waals surface area contributed by atoms with E-state index in [-0.39, 0.29) is 0 Å². The van der Waals surface area contributed by atoms with E-state index in [2.05, 4.69) is 5.32 Å². The van der Waals surface area contributed by atoms with Crippen LogP contribution in [-0.2, 0) is 4.57 Å². The summed E-state index contributed by atoms with van der Waals surface area (Å²) < 4.78 is 15.3. The Hall–Kier alpha value is -3.39. The Kier molecular flexibility index (Phi) is 5.76. The van der Waals surface area contributed by atoms with E-state index in [4.69, 9.17) is 16.6 Å². The molecule has 1 aromatic heterocycles. The molecule has 0 amide bonds. The van der Waals surface area contributed by atoms with Gasteiger partial charge in [0, 0.05) is 26.7 Å². The highest BCUT2D eigenvalue weighted by atomic mass is 35.5. The summed E-state index contributed by atoms with van der Waals surface area (Å²) in [7, 11) is -3.26. The van der Waals surface area contributed by atoms with Crippen molar-refractivity contribution in [1.82, 2.24) is 4.98 Å². The summed E-state index contributed by atoms with van der Waals surface area (Å²) in [5.41, 5.74) is 3.17. The average Bonchev–Trinajstić information content (AvgIpc) is 2.85. The summed E-state index contributed by atoms with van der Waals surface area (Å²) in [5.74, 6) is 0. The van der Waals surface area contributed by atoms with Crippen LogP contribution in [0.2, 0.25) is 5.02 Å². The van der Waals surface area contributed by atoms with Gasteiger partial charge in [0.2, 0.25) is 0 Å². The van der Waals surface area contributed by atoms with Crippen molar-refractivity contribution < 1.29 is 4.57 Å². The molecule has 0 spiro atoms. The van der Waals surface area contributed by atoms with Gasteiger partial charge in [-0.3, -0.25) is 4.98 Å². The van der Waals surface area contributed by atoms with Crippen molar-refractivity contribution in [2.75, 3.05) is 5.32 Å². The fourth-order valence-electron chi connectivity index (χ4n) is 4.21. The molecular formula is C28H22ClN2OP. The monoisotopic (exact) mass is 468 g/mol. The van der Waals surface area contributed by atoms with Crippen LogP contribution in [0.4, 0.5) is 11.4 Å². The lowest BCUT2D eigenvalue weighted by Crippen LogP contribution is -2.29. The van der Waals surface area contributed by atoms with Crippen LogP contribution in [0.15, 0.2) is 109 Å². The number of nitrogens with one attached hydrogen (secondary N) is 1. The first kappa shape index (κ1) is 21.5. The molecule has 3 nitrogen and oxygen atoms in total. The lowest BCUT2D eigenvalue weighted by molar-refractivity contribution is 0.592. The van der Waals surface area contributed by atoms with Crippen molar-refractivity contribution >= 4 is 56.9 Å². The van der Waals surface area contributed by atoms with Crippen LogP contribution in [0.3, 0.4) is 0 Å². The molecule has 0 saturated heterocycles. The van der Waals surface area contributed by atoms with Gasteiger partial charge in [-0.05, 0) is 37.3 Å². The van der Waals surface area contributed by atoms with Crippen molar-refractivity contribution in [3.8, 4) is 0 Å². The Balaban J connectivity index is 1.89. The van der Waals surface area contributed by atoms with Crippen LogP contribution in [0.25, 0.3) is 10.9 Å². The lowest BCUT2D eigenvalue weighted by atomic mass is 10.1. The Morgan fingerprint density at radius 2 is 1.30 bits per heavy atom. The van der Waals surface area contributed by atoms with Crippen LogP contribution >= 0.6 is 18.7 Å². The highest BCUT2D eigenvalue weighted by Gasteiger charge is 2.35. The van der Waals surface area contributed by atoms with Gasteiger partial charge < -0.3 is 9.88 Å². The molecule has 4 aromatic carbocycles. The molecule has 5 rings (SSSR count). The molecule has 0 radical (unpaired) electrons. The number of hydrogen-bond acceptors (Lipinski definition) is 3.